The number of para-hydroxylation sites is 1. The topological polar surface area (TPSA) is 75.3 Å². The molecular formula is C25H23N3O3. The molecular weight excluding hydrogens is 390 g/mol. The van der Waals surface area contributed by atoms with Crippen LogP contribution in [0.3, 0.4) is 0 Å². The van der Waals surface area contributed by atoms with Gasteiger partial charge in [-0.1, -0.05) is 42.0 Å². The summed E-state index contributed by atoms with van der Waals surface area (Å²) in [6.07, 6.45) is 0. The molecule has 1 N–H and O–H groups in total. The number of aryl methyl sites for hydroxylation is 1. The number of rotatable bonds is 6. The van der Waals surface area contributed by atoms with Gasteiger partial charge in [-0.15, -0.1) is 0 Å². The lowest BCUT2D eigenvalue weighted by Crippen LogP contribution is -2.31. The second-order valence-electron chi connectivity index (χ2n) is 7.41. The monoisotopic (exact) mass is 413 g/mol. The normalized spacial score (nSPS) is 10.8. The van der Waals surface area contributed by atoms with Gasteiger partial charge in [-0.25, -0.2) is 4.98 Å². The van der Waals surface area contributed by atoms with E-state index in [4.69, 9.17) is 4.74 Å². The Morgan fingerprint density at radius 3 is 2.52 bits per heavy atom. The third-order valence-electron chi connectivity index (χ3n) is 5.09. The molecule has 4 rings (SSSR count). The molecule has 0 aliphatic heterocycles. The summed E-state index contributed by atoms with van der Waals surface area (Å²) in [5, 5.41) is 0.526. The predicted molar refractivity (Wildman–Crippen MR) is 120 cm³/mol. The number of amides is 1. The number of nitrogens with one attached hydrogen (secondary N) is 1. The van der Waals surface area contributed by atoms with Crippen molar-refractivity contribution in [3.8, 4) is 5.75 Å². The lowest BCUT2D eigenvalue weighted by molar-refractivity contribution is 0.0725. The van der Waals surface area contributed by atoms with E-state index in [0.29, 0.717) is 28.8 Å². The quantitative estimate of drug-likeness (QED) is 0.517. The van der Waals surface area contributed by atoms with Crippen LogP contribution in [0.5, 0.6) is 5.75 Å². The highest BCUT2D eigenvalue weighted by Gasteiger charge is 2.18. The Morgan fingerprint density at radius 2 is 1.77 bits per heavy atom. The van der Waals surface area contributed by atoms with Gasteiger partial charge in [-0.2, -0.15) is 0 Å². The molecule has 1 aromatic heterocycles. The summed E-state index contributed by atoms with van der Waals surface area (Å²) in [5.41, 5.74) is 2.94. The van der Waals surface area contributed by atoms with E-state index < -0.39 is 0 Å². The summed E-state index contributed by atoms with van der Waals surface area (Å²) in [5.74, 6) is 1.06. The van der Waals surface area contributed by atoms with E-state index >= 15 is 0 Å². The number of fused-ring (bicyclic) bond motifs is 1. The van der Waals surface area contributed by atoms with E-state index in [2.05, 4.69) is 9.97 Å². The average Bonchev–Trinajstić information content (AvgIpc) is 2.79. The number of H-pyrrole nitrogens is 1. The number of benzene rings is 3. The number of aromatic nitrogens is 2. The van der Waals surface area contributed by atoms with Crippen molar-refractivity contribution in [3.63, 3.8) is 0 Å². The summed E-state index contributed by atoms with van der Waals surface area (Å²) in [6, 6.07) is 22.2. The Hall–Kier alpha value is -3.93. The first-order chi connectivity index (χ1) is 15.0. The number of carbonyl (C=O) groups is 1. The average molecular weight is 413 g/mol. The van der Waals surface area contributed by atoms with E-state index in [9.17, 15) is 9.59 Å². The highest BCUT2D eigenvalue weighted by atomic mass is 16.5. The second kappa shape index (κ2) is 8.83. The van der Waals surface area contributed by atoms with Crippen molar-refractivity contribution < 1.29 is 9.53 Å². The first kappa shape index (κ1) is 20.3. The molecule has 0 bridgehead atoms. The van der Waals surface area contributed by atoms with Crippen LogP contribution in [0.4, 0.5) is 0 Å². The van der Waals surface area contributed by atoms with Gasteiger partial charge in [0.1, 0.15) is 11.6 Å². The van der Waals surface area contributed by atoms with Crippen molar-refractivity contribution in [3.05, 3.63) is 106 Å². The van der Waals surface area contributed by atoms with Crippen molar-refractivity contribution in [1.82, 2.24) is 14.9 Å². The minimum atomic E-state index is -0.215. The Balaban J connectivity index is 1.69. The van der Waals surface area contributed by atoms with Gasteiger partial charge >= 0.3 is 0 Å². The van der Waals surface area contributed by atoms with Crippen LogP contribution < -0.4 is 10.3 Å². The molecule has 3 aromatic carbocycles. The maximum Gasteiger partial charge on any atom is 0.258 e. The molecule has 6 heteroatoms. The molecule has 0 radical (unpaired) electrons. The Morgan fingerprint density at radius 1 is 1.00 bits per heavy atom. The lowest BCUT2D eigenvalue weighted by Gasteiger charge is -2.23. The van der Waals surface area contributed by atoms with Crippen molar-refractivity contribution >= 4 is 16.8 Å². The minimum Gasteiger partial charge on any atom is -0.497 e. The zero-order valence-corrected chi connectivity index (χ0v) is 17.5. The standard InChI is InChI=1S/C25H23N3O3/c1-17-6-5-7-19(14-17)25(30)28(15-18-10-12-20(31-2)13-11-18)16-23-26-22-9-4-3-8-21(22)24(29)27-23/h3-14H,15-16H2,1-2H3,(H,26,27,29). The van der Waals surface area contributed by atoms with Crippen LogP contribution in [0.1, 0.15) is 27.3 Å². The van der Waals surface area contributed by atoms with Crippen molar-refractivity contribution in [2.24, 2.45) is 0 Å². The van der Waals surface area contributed by atoms with Gasteiger partial charge in [0.15, 0.2) is 0 Å². The third kappa shape index (κ3) is 4.64. The SMILES string of the molecule is COc1ccc(CN(Cc2nc3ccccc3c(=O)[nH]2)C(=O)c2cccc(C)c2)cc1. The Bertz CT molecular complexity index is 1280. The van der Waals surface area contributed by atoms with Crippen LogP contribution >= 0.6 is 0 Å². The van der Waals surface area contributed by atoms with Crippen molar-refractivity contribution in [2.75, 3.05) is 7.11 Å². The van der Waals surface area contributed by atoms with Crippen LogP contribution in [0.15, 0.2) is 77.6 Å². The molecule has 156 valence electrons. The van der Waals surface area contributed by atoms with Crippen LogP contribution in [0.25, 0.3) is 10.9 Å². The lowest BCUT2D eigenvalue weighted by atomic mass is 10.1. The first-order valence-electron chi connectivity index (χ1n) is 10.0. The zero-order valence-electron chi connectivity index (χ0n) is 17.5. The van der Waals surface area contributed by atoms with E-state index in [1.54, 1.807) is 36.3 Å². The molecule has 0 spiro atoms. The molecule has 0 saturated carbocycles. The van der Waals surface area contributed by atoms with Crippen LogP contribution in [0, 0.1) is 6.92 Å². The molecule has 6 nitrogen and oxygen atoms in total. The highest BCUT2D eigenvalue weighted by Crippen LogP contribution is 2.17. The van der Waals surface area contributed by atoms with E-state index in [1.807, 2.05) is 55.5 Å². The molecule has 0 unspecified atom stereocenters. The summed E-state index contributed by atoms with van der Waals surface area (Å²) in [7, 11) is 1.62. The zero-order chi connectivity index (χ0) is 21.8. The number of aromatic amines is 1. The van der Waals surface area contributed by atoms with Crippen LogP contribution in [0.2, 0.25) is 0 Å². The minimum absolute atomic E-state index is 0.129. The number of hydrogen-bond donors (Lipinski definition) is 1. The van der Waals surface area contributed by atoms with E-state index in [0.717, 1.165) is 16.9 Å². The van der Waals surface area contributed by atoms with Gasteiger partial charge in [-0.05, 0) is 48.9 Å². The molecule has 0 aliphatic rings. The maximum atomic E-state index is 13.4. The number of methoxy groups -OCH3 is 1. The number of nitrogens with zero attached hydrogens (tertiary/aromatic N) is 2. The first-order valence-corrected chi connectivity index (χ1v) is 10.0. The maximum absolute atomic E-state index is 13.4. The van der Waals surface area contributed by atoms with Gasteiger partial charge in [0.25, 0.3) is 11.5 Å². The van der Waals surface area contributed by atoms with Gasteiger partial charge < -0.3 is 14.6 Å². The fraction of sp³-hybridized carbons (Fsp3) is 0.160. The predicted octanol–water partition coefficient (Wildman–Crippen LogP) is 4.08. The van der Waals surface area contributed by atoms with E-state index in [1.165, 1.54) is 0 Å². The van der Waals surface area contributed by atoms with Crippen LogP contribution in [-0.4, -0.2) is 27.9 Å². The van der Waals surface area contributed by atoms with Crippen molar-refractivity contribution in [2.45, 2.75) is 20.0 Å². The summed E-state index contributed by atoms with van der Waals surface area (Å²) >= 11 is 0. The Labute approximate surface area is 180 Å². The molecule has 1 heterocycles. The fourth-order valence-electron chi connectivity index (χ4n) is 3.50. The number of hydrogen-bond acceptors (Lipinski definition) is 4. The number of ether oxygens (including phenoxy) is 1. The largest absolute Gasteiger partial charge is 0.497 e. The second-order valence-corrected chi connectivity index (χ2v) is 7.41. The Kier molecular flexibility index (Phi) is 5.80. The summed E-state index contributed by atoms with van der Waals surface area (Å²) < 4.78 is 5.22. The fourth-order valence-corrected chi connectivity index (χ4v) is 3.50. The van der Waals surface area contributed by atoms with Gasteiger partial charge in [-0.3, -0.25) is 9.59 Å². The molecule has 0 saturated heterocycles. The van der Waals surface area contributed by atoms with Gasteiger partial charge in [0, 0.05) is 12.1 Å². The molecule has 0 fully saturated rings. The van der Waals surface area contributed by atoms with Crippen molar-refractivity contribution in [1.29, 1.82) is 0 Å². The highest BCUT2D eigenvalue weighted by molar-refractivity contribution is 5.94. The summed E-state index contributed by atoms with van der Waals surface area (Å²) in [6.45, 7) is 2.50. The molecule has 1 amide bonds. The van der Waals surface area contributed by atoms with Gasteiger partial charge in [0.05, 0.1) is 24.6 Å². The smallest absolute Gasteiger partial charge is 0.258 e. The molecule has 0 atom stereocenters. The van der Waals surface area contributed by atoms with E-state index in [-0.39, 0.29) is 18.0 Å². The summed E-state index contributed by atoms with van der Waals surface area (Å²) in [4.78, 5) is 34.9. The number of carbonyl (C=O) groups excluding carboxylic acids is 1. The van der Waals surface area contributed by atoms with Crippen LogP contribution in [-0.2, 0) is 13.1 Å². The third-order valence-corrected chi connectivity index (χ3v) is 5.09. The molecule has 0 aliphatic carbocycles. The molecule has 31 heavy (non-hydrogen) atoms. The molecule has 4 aromatic rings. The van der Waals surface area contributed by atoms with Gasteiger partial charge in [0.2, 0.25) is 0 Å².